The minimum atomic E-state index is -1.02. The summed E-state index contributed by atoms with van der Waals surface area (Å²) in [4.78, 5) is 8.57. The van der Waals surface area contributed by atoms with Crippen LogP contribution in [-0.2, 0) is 5.41 Å². The number of halogens is 2. The lowest BCUT2D eigenvalue weighted by Crippen LogP contribution is -2.36. The molecule has 2 heterocycles. The maximum absolute atomic E-state index is 14.2. The van der Waals surface area contributed by atoms with Crippen LogP contribution < -0.4 is 5.73 Å². The number of alkyl halides is 1. The number of rotatable bonds is 7. The van der Waals surface area contributed by atoms with Gasteiger partial charge in [0.1, 0.15) is 5.82 Å². The standard InChI is InChI=1S/C17H22F2N2S.C13H12N2/c1-12-5-6-15(19)14(9-12)16(3,11-18)10-17(4,7-8-20)22-13(2)21;1-3-4-5-11-8-12-6-7-14-10(2)13(12)15-9-11/h5-6,9H,2,7,10-11,21H2,1,3-4H3;6-9H,3H2,1-2H3/t16-,17-;/m0./s1. The summed E-state index contributed by atoms with van der Waals surface area (Å²) >= 11 is 1.25. The minimum absolute atomic E-state index is 0.177. The van der Waals surface area contributed by atoms with Gasteiger partial charge in [-0.05, 0) is 51.0 Å². The van der Waals surface area contributed by atoms with Crippen molar-refractivity contribution in [1.82, 2.24) is 9.97 Å². The van der Waals surface area contributed by atoms with Crippen LogP contribution >= 0.6 is 11.8 Å². The maximum Gasteiger partial charge on any atom is 0.127 e. The highest BCUT2D eigenvalue weighted by molar-refractivity contribution is 8.04. The van der Waals surface area contributed by atoms with Gasteiger partial charge in [-0.1, -0.05) is 50.0 Å². The Bertz CT molecular complexity index is 1360. The molecule has 0 aliphatic rings. The van der Waals surface area contributed by atoms with Crippen molar-refractivity contribution in [2.24, 2.45) is 5.73 Å². The molecule has 0 saturated carbocycles. The number of nitriles is 1. The number of aryl methyl sites for hydroxylation is 2. The van der Waals surface area contributed by atoms with Crippen LogP contribution in [0.2, 0.25) is 0 Å². The van der Waals surface area contributed by atoms with Gasteiger partial charge in [-0.15, -0.1) is 11.8 Å². The minimum Gasteiger partial charge on any atom is -0.394 e. The van der Waals surface area contributed by atoms with Crippen LogP contribution in [0.15, 0.2) is 54.3 Å². The lowest BCUT2D eigenvalue weighted by molar-refractivity contribution is 0.277. The summed E-state index contributed by atoms with van der Waals surface area (Å²) in [5, 5.41) is 10.5. The van der Waals surface area contributed by atoms with Gasteiger partial charge < -0.3 is 5.73 Å². The first kappa shape index (κ1) is 29.8. The molecule has 3 rings (SSSR count). The molecular formula is C30H34F2N4S. The molecule has 0 unspecified atom stereocenters. The van der Waals surface area contributed by atoms with Gasteiger partial charge in [0.2, 0.25) is 0 Å². The average Bonchev–Trinajstić information content (AvgIpc) is 2.84. The number of hydrogen-bond acceptors (Lipinski definition) is 5. The molecule has 0 aliphatic heterocycles. The van der Waals surface area contributed by atoms with Gasteiger partial charge in [0.05, 0.1) is 29.0 Å². The molecule has 1 aromatic carbocycles. The first-order chi connectivity index (χ1) is 17.5. The second kappa shape index (κ2) is 13.2. The van der Waals surface area contributed by atoms with Gasteiger partial charge in [0.15, 0.2) is 0 Å². The van der Waals surface area contributed by atoms with E-state index in [1.165, 1.54) is 17.8 Å². The van der Waals surface area contributed by atoms with Gasteiger partial charge >= 0.3 is 0 Å². The van der Waals surface area contributed by atoms with Crippen molar-refractivity contribution in [1.29, 1.82) is 5.26 Å². The van der Waals surface area contributed by atoms with E-state index in [-0.39, 0.29) is 12.8 Å². The van der Waals surface area contributed by atoms with Crippen molar-refractivity contribution in [2.75, 3.05) is 6.67 Å². The van der Waals surface area contributed by atoms with E-state index in [1.54, 1.807) is 31.5 Å². The van der Waals surface area contributed by atoms with Crippen molar-refractivity contribution >= 4 is 22.7 Å². The zero-order chi connectivity index (χ0) is 27.6. The van der Waals surface area contributed by atoms with Crippen molar-refractivity contribution in [3.8, 4) is 17.9 Å². The zero-order valence-corrected chi connectivity index (χ0v) is 23.0. The van der Waals surface area contributed by atoms with Gasteiger partial charge in [0, 0.05) is 46.3 Å². The monoisotopic (exact) mass is 520 g/mol. The normalized spacial score (nSPS) is 13.7. The van der Waals surface area contributed by atoms with E-state index in [0.717, 1.165) is 34.1 Å². The fraction of sp³-hybridized carbons (Fsp3) is 0.367. The highest BCUT2D eigenvalue weighted by Crippen LogP contribution is 2.44. The highest BCUT2D eigenvalue weighted by Gasteiger charge is 2.39. The first-order valence-electron chi connectivity index (χ1n) is 12.0. The molecule has 0 radical (unpaired) electrons. The lowest BCUT2D eigenvalue weighted by atomic mass is 9.75. The summed E-state index contributed by atoms with van der Waals surface area (Å²) in [5.41, 5.74) is 8.72. The number of pyridine rings is 2. The van der Waals surface area contributed by atoms with E-state index in [4.69, 9.17) is 11.0 Å². The first-order valence-corrected chi connectivity index (χ1v) is 12.8. The lowest BCUT2D eigenvalue weighted by Gasteiger charge is -2.37. The predicted octanol–water partition coefficient (Wildman–Crippen LogP) is 7.29. The Kier molecular flexibility index (Phi) is 10.6. The molecular weight excluding hydrogens is 486 g/mol. The average molecular weight is 521 g/mol. The Morgan fingerprint density at radius 2 is 1.92 bits per heavy atom. The van der Waals surface area contributed by atoms with Crippen LogP contribution in [-0.4, -0.2) is 21.4 Å². The van der Waals surface area contributed by atoms with Crippen molar-refractivity contribution in [3.05, 3.63) is 82.5 Å². The van der Waals surface area contributed by atoms with E-state index in [1.807, 2.05) is 33.8 Å². The fourth-order valence-corrected chi connectivity index (χ4v) is 5.38. The largest absolute Gasteiger partial charge is 0.394 e. The molecule has 37 heavy (non-hydrogen) atoms. The number of hydrogen-bond donors (Lipinski definition) is 1. The van der Waals surface area contributed by atoms with Crippen LogP contribution in [0.4, 0.5) is 8.78 Å². The molecule has 2 N–H and O–H groups in total. The second-order valence-corrected chi connectivity index (χ2v) is 11.3. The van der Waals surface area contributed by atoms with Crippen LogP contribution in [0.3, 0.4) is 0 Å². The molecule has 194 valence electrons. The van der Waals surface area contributed by atoms with Crippen LogP contribution in [0.25, 0.3) is 10.9 Å². The maximum atomic E-state index is 14.2. The van der Waals surface area contributed by atoms with Crippen molar-refractivity contribution in [2.45, 2.75) is 64.0 Å². The summed E-state index contributed by atoms with van der Waals surface area (Å²) in [7, 11) is 0. The molecule has 2 atom stereocenters. The summed E-state index contributed by atoms with van der Waals surface area (Å²) in [5.74, 6) is 5.68. The third-order valence-corrected chi connectivity index (χ3v) is 6.90. The molecule has 0 spiro atoms. The summed E-state index contributed by atoms with van der Waals surface area (Å²) in [6.07, 6.45) is 4.94. The summed E-state index contributed by atoms with van der Waals surface area (Å²) in [6.45, 7) is 12.3. The third-order valence-electron chi connectivity index (χ3n) is 5.85. The highest BCUT2D eigenvalue weighted by atomic mass is 32.2. The van der Waals surface area contributed by atoms with Gasteiger partial charge in [-0.25, -0.2) is 4.39 Å². The zero-order valence-electron chi connectivity index (χ0n) is 22.2. The molecule has 3 aromatic rings. The van der Waals surface area contributed by atoms with Crippen molar-refractivity contribution in [3.63, 3.8) is 0 Å². The Hall–Kier alpha value is -3.42. The summed E-state index contributed by atoms with van der Waals surface area (Å²) < 4.78 is 27.4. The number of nitrogens with two attached hydrogens (primary N) is 1. The van der Waals surface area contributed by atoms with E-state index < -0.39 is 22.7 Å². The Balaban J connectivity index is 0.000000278. The Labute approximate surface area is 223 Å². The molecule has 7 heteroatoms. The molecule has 0 bridgehead atoms. The number of fused-ring (bicyclic) bond motifs is 1. The molecule has 0 fully saturated rings. The van der Waals surface area contributed by atoms with E-state index >= 15 is 0 Å². The molecule has 0 saturated heterocycles. The van der Waals surface area contributed by atoms with Crippen LogP contribution in [0, 0.1) is 42.8 Å². The quantitative estimate of drug-likeness (QED) is 0.331. The molecule has 2 aromatic heterocycles. The third kappa shape index (κ3) is 8.30. The van der Waals surface area contributed by atoms with Crippen LogP contribution in [0.5, 0.6) is 0 Å². The predicted molar refractivity (Wildman–Crippen MR) is 150 cm³/mol. The Morgan fingerprint density at radius 3 is 2.54 bits per heavy atom. The van der Waals surface area contributed by atoms with Gasteiger partial charge in [0.25, 0.3) is 0 Å². The number of benzene rings is 1. The van der Waals surface area contributed by atoms with Crippen molar-refractivity contribution < 1.29 is 8.78 Å². The van der Waals surface area contributed by atoms with Crippen LogP contribution in [0.1, 0.15) is 62.4 Å². The van der Waals surface area contributed by atoms with Gasteiger partial charge in [-0.3, -0.25) is 14.4 Å². The van der Waals surface area contributed by atoms with E-state index in [2.05, 4.69) is 40.5 Å². The fourth-order valence-electron chi connectivity index (χ4n) is 4.22. The smallest absolute Gasteiger partial charge is 0.127 e. The Morgan fingerprint density at radius 1 is 1.19 bits per heavy atom. The van der Waals surface area contributed by atoms with E-state index in [0.29, 0.717) is 10.6 Å². The van der Waals surface area contributed by atoms with E-state index in [9.17, 15) is 8.78 Å². The number of nitrogens with zero attached hydrogens (tertiary/aromatic N) is 3. The SMILES string of the molecule is C=C(N)S[C@@](C)(CC#N)C[C@@](C)(CF)c1cc(C)ccc1F.CCC#Cc1cnc2c(C)nccc2c1. The molecule has 0 amide bonds. The van der Waals surface area contributed by atoms with Gasteiger partial charge in [-0.2, -0.15) is 5.26 Å². The number of aromatic nitrogens is 2. The molecule has 0 aliphatic carbocycles. The number of thioether (sulfide) groups is 1. The summed E-state index contributed by atoms with van der Waals surface area (Å²) in [6, 6.07) is 10.8. The molecule has 4 nitrogen and oxygen atoms in total. The second-order valence-electron chi connectivity index (χ2n) is 9.55. The topological polar surface area (TPSA) is 75.6 Å².